The van der Waals surface area contributed by atoms with Crippen molar-refractivity contribution in [2.45, 2.75) is 25.7 Å². The van der Waals surface area contributed by atoms with E-state index < -0.39 is 0 Å². The average molecular weight is 295 g/mol. The predicted molar refractivity (Wildman–Crippen MR) is 83.9 cm³/mol. The topological polar surface area (TPSA) is 78.3 Å². The summed E-state index contributed by atoms with van der Waals surface area (Å²) in [5.41, 5.74) is 10.2. The first-order valence-corrected chi connectivity index (χ1v) is 7.33. The Hall–Kier alpha value is -2.63. The van der Waals surface area contributed by atoms with Crippen molar-refractivity contribution in [2.24, 2.45) is 0 Å². The molecule has 0 aromatic carbocycles. The number of nitrogen functional groups attached to an aromatic ring is 1. The molecule has 1 saturated carbocycles. The average Bonchev–Trinajstić information content (AvgIpc) is 3.29. The van der Waals surface area contributed by atoms with E-state index in [1.54, 1.807) is 13.3 Å². The lowest BCUT2D eigenvalue weighted by Crippen LogP contribution is -2.03. The molecule has 0 spiro atoms. The Bertz CT molecular complexity index is 866. The van der Waals surface area contributed by atoms with Crippen LogP contribution in [-0.4, -0.2) is 26.7 Å². The minimum atomic E-state index is 0.491. The number of nitrogens with two attached hydrogens (primary N) is 1. The van der Waals surface area contributed by atoms with E-state index in [1.165, 1.54) is 0 Å². The van der Waals surface area contributed by atoms with Crippen LogP contribution in [0.2, 0.25) is 0 Å². The number of pyridine rings is 1. The molecule has 0 radical (unpaired) electrons. The second kappa shape index (κ2) is 4.69. The minimum absolute atomic E-state index is 0.491. The normalized spacial score (nSPS) is 14.5. The maximum atomic E-state index is 5.92. The number of hydrogen-bond acceptors (Lipinski definition) is 5. The van der Waals surface area contributed by atoms with Gasteiger partial charge in [0.15, 0.2) is 5.65 Å². The van der Waals surface area contributed by atoms with E-state index in [0.717, 1.165) is 46.9 Å². The maximum absolute atomic E-state index is 5.92. The van der Waals surface area contributed by atoms with Crippen LogP contribution in [0.3, 0.4) is 0 Å². The highest BCUT2D eigenvalue weighted by atomic mass is 16.5. The lowest BCUT2D eigenvalue weighted by molar-refractivity contribution is 0.405. The maximum Gasteiger partial charge on any atom is 0.157 e. The van der Waals surface area contributed by atoms with Crippen LogP contribution >= 0.6 is 0 Å². The number of anilines is 1. The molecule has 3 heterocycles. The van der Waals surface area contributed by atoms with E-state index in [2.05, 4.69) is 9.97 Å². The molecule has 0 bridgehead atoms. The zero-order valence-electron chi connectivity index (χ0n) is 12.6. The van der Waals surface area contributed by atoms with Crippen LogP contribution in [0.5, 0.6) is 5.75 Å². The van der Waals surface area contributed by atoms with E-state index >= 15 is 0 Å². The van der Waals surface area contributed by atoms with Gasteiger partial charge in [-0.2, -0.15) is 5.10 Å². The third-order valence-corrected chi connectivity index (χ3v) is 4.07. The summed E-state index contributed by atoms with van der Waals surface area (Å²) in [6, 6.07) is 5.84. The molecule has 0 amide bonds. The first-order chi connectivity index (χ1) is 10.7. The number of rotatable bonds is 3. The Morgan fingerprint density at radius 2 is 2.14 bits per heavy atom. The second-order valence-corrected chi connectivity index (χ2v) is 5.68. The Labute approximate surface area is 128 Å². The molecule has 6 heteroatoms. The molecule has 0 unspecified atom stereocenters. The van der Waals surface area contributed by atoms with E-state index in [4.69, 9.17) is 15.6 Å². The minimum Gasteiger partial charge on any atom is -0.495 e. The Morgan fingerprint density at radius 1 is 1.32 bits per heavy atom. The van der Waals surface area contributed by atoms with Crippen LogP contribution in [-0.2, 0) is 0 Å². The number of hydrogen-bond donors (Lipinski definition) is 1. The van der Waals surface area contributed by atoms with Gasteiger partial charge in [0.05, 0.1) is 19.0 Å². The molecular weight excluding hydrogens is 278 g/mol. The van der Waals surface area contributed by atoms with Crippen LogP contribution in [0, 0.1) is 6.92 Å². The molecule has 4 rings (SSSR count). The highest BCUT2D eigenvalue weighted by Crippen LogP contribution is 2.43. The molecule has 0 aliphatic heterocycles. The van der Waals surface area contributed by atoms with E-state index in [0.29, 0.717) is 11.7 Å². The van der Waals surface area contributed by atoms with Crippen molar-refractivity contribution < 1.29 is 4.74 Å². The Kier molecular flexibility index (Phi) is 2.79. The molecule has 22 heavy (non-hydrogen) atoms. The van der Waals surface area contributed by atoms with Crippen molar-refractivity contribution in [3.05, 3.63) is 35.7 Å². The van der Waals surface area contributed by atoms with Gasteiger partial charge in [-0.15, -0.1) is 0 Å². The van der Waals surface area contributed by atoms with Crippen LogP contribution in [0.4, 0.5) is 5.82 Å². The summed E-state index contributed by atoms with van der Waals surface area (Å²) in [5, 5.41) is 4.74. The molecule has 3 aromatic heterocycles. The molecule has 1 aliphatic rings. The zero-order chi connectivity index (χ0) is 15.3. The fraction of sp³-hybridized carbons (Fsp3) is 0.312. The molecule has 1 fully saturated rings. The zero-order valence-corrected chi connectivity index (χ0v) is 12.6. The van der Waals surface area contributed by atoms with Crippen LogP contribution in [0.1, 0.15) is 30.0 Å². The second-order valence-electron chi connectivity index (χ2n) is 5.68. The SMILES string of the molecule is COc1cc2ncc(-c3ccc(C)c(N)n3)n2nc1C1CC1. The molecule has 6 nitrogen and oxygen atoms in total. The summed E-state index contributed by atoms with van der Waals surface area (Å²) >= 11 is 0. The van der Waals surface area contributed by atoms with E-state index in [9.17, 15) is 0 Å². The van der Waals surface area contributed by atoms with Crippen molar-refractivity contribution >= 4 is 11.5 Å². The quantitative estimate of drug-likeness (QED) is 0.803. The van der Waals surface area contributed by atoms with Gasteiger partial charge in [-0.3, -0.25) is 0 Å². The molecule has 0 atom stereocenters. The number of aromatic nitrogens is 4. The van der Waals surface area contributed by atoms with E-state index in [-0.39, 0.29) is 0 Å². The van der Waals surface area contributed by atoms with Crippen LogP contribution < -0.4 is 10.5 Å². The molecule has 112 valence electrons. The Morgan fingerprint density at radius 3 is 2.82 bits per heavy atom. The van der Waals surface area contributed by atoms with Gasteiger partial charge in [0.2, 0.25) is 0 Å². The first kappa shape index (κ1) is 13.1. The van der Waals surface area contributed by atoms with Gasteiger partial charge in [-0.1, -0.05) is 6.07 Å². The number of imidazole rings is 1. The van der Waals surface area contributed by atoms with Gasteiger partial charge in [-0.25, -0.2) is 14.5 Å². The third kappa shape index (κ3) is 1.99. The highest BCUT2D eigenvalue weighted by molar-refractivity contribution is 5.63. The van der Waals surface area contributed by atoms with Crippen molar-refractivity contribution in [1.29, 1.82) is 0 Å². The monoisotopic (exact) mass is 295 g/mol. The van der Waals surface area contributed by atoms with Crippen LogP contribution in [0.15, 0.2) is 24.4 Å². The summed E-state index contributed by atoms with van der Waals surface area (Å²) in [5.74, 6) is 1.83. The fourth-order valence-electron chi connectivity index (χ4n) is 2.58. The lowest BCUT2D eigenvalue weighted by Gasteiger charge is -2.09. The smallest absolute Gasteiger partial charge is 0.157 e. The van der Waals surface area contributed by atoms with Gasteiger partial charge >= 0.3 is 0 Å². The van der Waals surface area contributed by atoms with E-state index in [1.807, 2.05) is 29.6 Å². The summed E-state index contributed by atoms with van der Waals surface area (Å²) in [7, 11) is 1.67. The number of methoxy groups -OCH3 is 1. The molecule has 1 aliphatic carbocycles. The number of fused-ring (bicyclic) bond motifs is 1. The standard InChI is InChI=1S/C16H17N5O/c1-9-3-6-11(19-16(9)17)12-8-18-14-7-13(22-2)15(10-4-5-10)20-21(12)14/h3,6-8,10H,4-5H2,1-2H3,(H2,17,19). The largest absolute Gasteiger partial charge is 0.495 e. The van der Waals surface area contributed by atoms with Gasteiger partial charge in [0.25, 0.3) is 0 Å². The van der Waals surface area contributed by atoms with Gasteiger partial charge < -0.3 is 10.5 Å². The summed E-state index contributed by atoms with van der Waals surface area (Å²) in [6.07, 6.45) is 4.10. The summed E-state index contributed by atoms with van der Waals surface area (Å²) in [4.78, 5) is 8.86. The Balaban J connectivity index is 1.91. The van der Waals surface area contributed by atoms with Gasteiger partial charge in [0.1, 0.15) is 23.0 Å². The van der Waals surface area contributed by atoms with Crippen molar-refractivity contribution in [3.63, 3.8) is 0 Å². The van der Waals surface area contributed by atoms with Gasteiger partial charge in [0, 0.05) is 12.0 Å². The molecular formula is C16H17N5O. The molecule has 0 saturated heterocycles. The highest BCUT2D eigenvalue weighted by Gasteiger charge is 2.29. The van der Waals surface area contributed by atoms with Crippen LogP contribution in [0.25, 0.3) is 17.0 Å². The third-order valence-electron chi connectivity index (χ3n) is 4.07. The van der Waals surface area contributed by atoms with Crippen molar-refractivity contribution in [3.8, 4) is 17.1 Å². The lowest BCUT2D eigenvalue weighted by atomic mass is 10.2. The summed E-state index contributed by atoms with van der Waals surface area (Å²) < 4.78 is 7.28. The van der Waals surface area contributed by atoms with Gasteiger partial charge in [-0.05, 0) is 31.4 Å². The molecule has 3 aromatic rings. The van der Waals surface area contributed by atoms with Crippen molar-refractivity contribution in [2.75, 3.05) is 12.8 Å². The first-order valence-electron chi connectivity index (χ1n) is 7.33. The molecule has 2 N–H and O–H groups in total. The number of ether oxygens (including phenoxy) is 1. The predicted octanol–water partition coefficient (Wildman–Crippen LogP) is 2.57. The number of aryl methyl sites for hydroxylation is 1. The fourth-order valence-corrected chi connectivity index (χ4v) is 2.58. The summed E-state index contributed by atoms with van der Waals surface area (Å²) in [6.45, 7) is 1.94. The number of nitrogens with zero attached hydrogens (tertiary/aromatic N) is 4. The van der Waals surface area contributed by atoms with Crippen molar-refractivity contribution in [1.82, 2.24) is 19.6 Å².